The molecule has 5 rings (SSSR count). The Balaban J connectivity index is 0.000000994. The van der Waals surface area contributed by atoms with Gasteiger partial charge in [0.1, 0.15) is 0 Å². The van der Waals surface area contributed by atoms with Crippen LogP contribution in [0.5, 0.6) is 0 Å². The van der Waals surface area contributed by atoms with E-state index in [-0.39, 0.29) is 6.10 Å². The number of fused-ring (bicyclic) bond motifs is 5. The van der Waals surface area contributed by atoms with Crippen molar-refractivity contribution >= 4 is 0 Å². The van der Waals surface area contributed by atoms with Crippen molar-refractivity contribution in [2.75, 3.05) is 0 Å². The molecule has 0 amide bonds. The molecule has 0 spiro atoms. The van der Waals surface area contributed by atoms with Crippen molar-refractivity contribution in [2.24, 2.45) is 46.3 Å². The lowest BCUT2D eigenvalue weighted by Gasteiger charge is -2.61. The van der Waals surface area contributed by atoms with Crippen LogP contribution < -0.4 is 0 Å². The fourth-order valence-corrected chi connectivity index (χ4v) is 9.05. The minimum absolute atomic E-state index is 0.0000172. The van der Waals surface area contributed by atoms with E-state index in [1.54, 1.807) is 0 Å². The Morgan fingerprint density at radius 1 is 0.724 bits per heavy atom. The van der Waals surface area contributed by atoms with Gasteiger partial charge in [0.05, 0.1) is 6.10 Å². The van der Waals surface area contributed by atoms with Crippen LogP contribution in [0.2, 0.25) is 0 Å². The number of aliphatic hydroxyl groups is 1. The predicted molar refractivity (Wildman–Crippen MR) is 124 cm³/mol. The molecule has 168 valence electrons. The smallest absolute Gasteiger partial charge is 0.0543 e. The summed E-state index contributed by atoms with van der Waals surface area (Å²) in [5.74, 6) is 5.96. The Morgan fingerprint density at radius 3 is 2.17 bits per heavy atom. The molecule has 0 aromatic carbocycles. The predicted octanol–water partition coefficient (Wildman–Crippen LogP) is 8.00. The molecule has 5 aliphatic carbocycles. The van der Waals surface area contributed by atoms with E-state index in [1.807, 2.05) is 13.8 Å². The molecule has 0 aliphatic heterocycles. The fourth-order valence-electron chi connectivity index (χ4n) is 9.05. The Labute approximate surface area is 181 Å². The molecule has 8 unspecified atom stereocenters. The second kappa shape index (κ2) is 8.84. The molecule has 8 atom stereocenters. The SMILES string of the molecule is CC.CC12CCC3C(CCC4CC(O)CCC43C)C1CCC2CCCCC1CC1. The second-order valence-electron chi connectivity index (χ2n) is 12.1. The first kappa shape index (κ1) is 22.2. The van der Waals surface area contributed by atoms with Crippen LogP contribution in [-0.4, -0.2) is 11.2 Å². The Bertz CT molecular complexity index is 538. The molecule has 0 aromatic rings. The van der Waals surface area contributed by atoms with Gasteiger partial charge in [-0.15, -0.1) is 0 Å². The van der Waals surface area contributed by atoms with Crippen molar-refractivity contribution in [3.8, 4) is 0 Å². The highest BCUT2D eigenvalue weighted by atomic mass is 16.3. The zero-order valence-corrected chi connectivity index (χ0v) is 20.1. The Kier molecular flexibility index (Phi) is 6.75. The summed E-state index contributed by atoms with van der Waals surface area (Å²) in [6.45, 7) is 9.35. The topological polar surface area (TPSA) is 20.2 Å². The molecule has 5 aliphatic rings. The summed E-state index contributed by atoms with van der Waals surface area (Å²) in [6, 6.07) is 0. The van der Waals surface area contributed by atoms with Crippen LogP contribution in [-0.2, 0) is 0 Å². The lowest BCUT2D eigenvalue weighted by atomic mass is 9.44. The fraction of sp³-hybridized carbons (Fsp3) is 1.00. The summed E-state index contributed by atoms with van der Waals surface area (Å²) in [7, 11) is 0. The molecular formula is C28H50O. The van der Waals surface area contributed by atoms with Gasteiger partial charge in [-0.05, 0) is 111 Å². The first-order chi connectivity index (χ1) is 14.0. The highest BCUT2D eigenvalue weighted by Gasteiger charge is 2.59. The summed E-state index contributed by atoms with van der Waals surface area (Å²) < 4.78 is 0. The normalized spacial score (nSPS) is 48.7. The van der Waals surface area contributed by atoms with E-state index in [9.17, 15) is 5.11 Å². The van der Waals surface area contributed by atoms with E-state index in [4.69, 9.17) is 0 Å². The van der Waals surface area contributed by atoms with Gasteiger partial charge in [0.15, 0.2) is 0 Å². The number of hydrogen-bond donors (Lipinski definition) is 1. The molecular weight excluding hydrogens is 352 g/mol. The summed E-state index contributed by atoms with van der Waals surface area (Å²) >= 11 is 0. The van der Waals surface area contributed by atoms with Gasteiger partial charge in [-0.3, -0.25) is 0 Å². The van der Waals surface area contributed by atoms with E-state index >= 15 is 0 Å². The minimum Gasteiger partial charge on any atom is -0.393 e. The number of hydrogen-bond acceptors (Lipinski definition) is 1. The van der Waals surface area contributed by atoms with Crippen molar-refractivity contribution in [3.63, 3.8) is 0 Å². The molecule has 0 bridgehead atoms. The van der Waals surface area contributed by atoms with Crippen molar-refractivity contribution in [3.05, 3.63) is 0 Å². The van der Waals surface area contributed by atoms with Crippen LogP contribution in [0.1, 0.15) is 124 Å². The van der Waals surface area contributed by atoms with Crippen molar-refractivity contribution in [1.82, 2.24) is 0 Å². The van der Waals surface area contributed by atoms with E-state index in [0.29, 0.717) is 10.8 Å². The Hall–Kier alpha value is -0.0400. The summed E-state index contributed by atoms with van der Waals surface area (Å²) in [6.07, 6.45) is 21.6. The molecule has 29 heavy (non-hydrogen) atoms. The van der Waals surface area contributed by atoms with Crippen molar-refractivity contribution in [1.29, 1.82) is 0 Å². The molecule has 5 fully saturated rings. The molecule has 0 heterocycles. The van der Waals surface area contributed by atoms with Gasteiger partial charge in [0.25, 0.3) is 0 Å². The maximum atomic E-state index is 10.2. The number of unbranched alkanes of at least 4 members (excludes halogenated alkanes) is 1. The van der Waals surface area contributed by atoms with E-state index in [0.717, 1.165) is 48.3 Å². The van der Waals surface area contributed by atoms with Crippen LogP contribution >= 0.6 is 0 Å². The molecule has 0 saturated heterocycles. The Morgan fingerprint density at radius 2 is 1.41 bits per heavy atom. The quantitative estimate of drug-likeness (QED) is 0.462. The highest BCUT2D eigenvalue weighted by molar-refractivity contribution is 5.09. The average Bonchev–Trinajstić information content (AvgIpc) is 3.49. The number of rotatable bonds is 5. The van der Waals surface area contributed by atoms with Crippen LogP contribution in [0.15, 0.2) is 0 Å². The second-order valence-corrected chi connectivity index (χ2v) is 12.1. The summed E-state index contributed by atoms with van der Waals surface area (Å²) in [5, 5.41) is 10.2. The van der Waals surface area contributed by atoms with E-state index in [2.05, 4.69) is 13.8 Å². The standard InChI is InChI=1S/C26H44O.C2H6/c1-25-16-14-24-22(11-9-20-17-21(27)13-15-26(20,24)2)23(25)12-10-19(25)6-4-3-5-18-7-8-18;1-2/h18-24,27H,3-17H2,1-2H3;1-2H3. The monoisotopic (exact) mass is 402 g/mol. The third-order valence-electron chi connectivity index (χ3n) is 10.9. The van der Waals surface area contributed by atoms with Gasteiger partial charge in [-0.1, -0.05) is 59.8 Å². The van der Waals surface area contributed by atoms with Crippen LogP contribution in [0.25, 0.3) is 0 Å². The number of aliphatic hydroxyl groups excluding tert-OH is 1. The molecule has 0 aromatic heterocycles. The van der Waals surface area contributed by atoms with Gasteiger partial charge in [-0.2, -0.15) is 0 Å². The first-order valence-electron chi connectivity index (χ1n) is 13.7. The maximum Gasteiger partial charge on any atom is 0.0543 e. The molecule has 1 N–H and O–H groups in total. The lowest BCUT2D eigenvalue weighted by molar-refractivity contribution is -0.127. The van der Waals surface area contributed by atoms with Gasteiger partial charge in [0, 0.05) is 0 Å². The highest BCUT2D eigenvalue weighted by Crippen LogP contribution is 2.67. The maximum absolute atomic E-state index is 10.2. The van der Waals surface area contributed by atoms with Crippen LogP contribution in [0, 0.1) is 46.3 Å². The first-order valence-corrected chi connectivity index (χ1v) is 13.7. The van der Waals surface area contributed by atoms with Gasteiger partial charge < -0.3 is 5.11 Å². The van der Waals surface area contributed by atoms with E-state index in [1.165, 1.54) is 83.5 Å². The molecule has 0 radical (unpaired) electrons. The van der Waals surface area contributed by atoms with Crippen LogP contribution in [0.4, 0.5) is 0 Å². The van der Waals surface area contributed by atoms with Crippen LogP contribution in [0.3, 0.4) is 0 Å². The molecule has 1 heteroatoms. The zero-order valence-electron chi connectivity index (χ0n) is 20.1. The van der Waals surface area contributed by atoms with Gasteiger partial charge in [0.2, 0.25) is 0 Å². The molecule has 1 nitrogen and oxygen atoms in total. The average molecular weight is 403 g/mol. The largest absolute Gasteiger partial charge is 0.393 e. The minimum atomic E-state index is -0.0000172. The van der Waals surface area contributed by atoms with Gasteiger partial charge >= 0.3 is 0 Å². The zero-order chi connectivity index (χ0) is 20.6. The van der Waals surface area contributed by atoms with Gasteiger partial charge in [-0.25, -0.2) is 0 Å². The molecule has 5 saturated carbocycles. The summed E-state index contributed by atoms with van der Waals surface area (Å²) in [4.78, 5) is 0. The lowest BCUT2D eigenvalue weighted by Crippen LogP contribution is -2.53. The summed E-state index contributed by atoms with van der Waals surface area (Å²) in [5.41, 5.74) is 1.21. The van der Waals surface area contributed by atoms with Crippen molar-refractivity contribution in [2.45, 2.75) is 130 Å². The third kappa shape index (κ3) is 4.08. The van der Waals surface area contributed by atoms with E-state index < -0.39 is 0 Å². The van der Waals surface area contributed by atoms with Crippen molar-refractivity contribution < 1.29 is 5.11 Å². The third-order valence-corrected chi connectivity index (χ3v) is 10.9.